The minimum atomic E-state index is -3.54. The Balaban J connectivity index is 1.72. The van der Waals surface area contributed by atoms with E-state index in [1.165, 1.54) is 24.3 Å². The van der Waals surface area contributed by atoms with Gasteiger partial charge < -0.3 is 9.15 Å². The molecule has 3 rings (SSSR count). The van der Waals surface area contributed by atoms with Crippen molar-refractivity contribution in [3.05, 3.63) is 82.7 Å². The molecule has 0 N–H and O–H groups in total. The molecule has 3 aromatic rings. The van der Waals surface area contributed by atoms with Crippen LogP contribution in [0.4, 0.5) is 0 Å². The number of ether oxygens (including phenoxy) is 1. The minimum absolute atomic E-state index is 0.0545. The topological polar surface area (TPSA) is 73.6 Å². The third-order valence-corrected chi connectivity index (χ3v) is 5.51. The standard InChI is InChI=1S/C18H13BrO5S/c19-13-6-8-14(9-7-13)24-18(20)17-11-10-15(23-17)12-25(21,22)16-4-2-1-3-5-16/h1-11H,12H2. The maximum atomic E-state index is 12.3. The van der Waals surface area contributed by atoms with Gasteiger partial charge in [-0.3, -0.25) is 0 Å². The quantitative estimate of drug-likeness (QED) is 0.455. The lowest BCUT2D eigenvalue weighted by Crippen LogP contribution is -2.07. The average molecular weight is 421 g/mol. The largest absolute Gasteiger partial charge is 0.453 e. The zero-order valence-corrected chi connectivity index (χ0v) is 15.3. The van der Waals surface area contributed by atoms with Gasteiger partial charge in [0.1, 0.15) is 17.3 Å². The van der Waals surface area contributed by atoms with E-state index in [9.17, 15) is 13.2 Å². The van der Waals surface area contributed by atoms with Crippen molar-refractivity contribution in [2.45, 2.75) is 10.6 Å². The van der Waals surface area contributed by atoms with Crippen LogP contribution >= 0.6 is 15.9 Å². The van der Waals surface area contributed by atoms with Crippen LogP contribution in [0.5, 0.6) is 5.75 Å². The van der Waals surface area contributed by atoms with Gasteiger partial charge in [-0.25, -0.2) is 13.2 Å². The molecule has 0 radical (unpaired) electrons. The van der Waals surface area contributed by atoms with E-state index in [0.717, 1.165) is 4.47 Å². The van der Waals surface area contributed by atoms with Gasteiger partial charge in [-0.2, -0.15) is 0 Å². The van der Waals surface area contributed by atoms with Gasteiger partial charge >= 0.3 is 5.97 Å². The highest BCUT2D eigenvalue weighted by Crippen LogP contribution is 2.20. The number of halogens is 1. The van der Waals surface area contributed by atoms with Crippen LogP contribution in [0.2, 0.25) is 0 Å². The molecule has 0 spiro atoms. The predicted octanol–water partition coefficient (Wildman–Crippen LogP) is 4.24. The average Bonchev–Trinajstić information content (AvgIpc) is 3.06. The highest BCUT2D eigenvalue weighted by atomic mass is 79.9. The molecule has 0 amide bonds. The molecule has 25 heavy (non-hydrogen) atoms. The molecule has 0 saturated carbocycles. The fourth-order valence-corrected chi connectivity index (χ4v) is 3.66. The first kappa shape index (κ1) is 17.4. The third-order valence-electron chi connectivity index (χ3n) is 3.32. The summed E-state index contributed by atoms with van der Waals surface area (Å²) in [6, 6.07) is 17.7. The van der Waals surface area contributed by atoms with E-state index >= 15 is 0 Å². The van der Waals surface area contributed by atoms with Gasteiger partial charge in [0, 0.05) is 4.47 Å². The molecule has 0 atom stereocenters. The van der Waals surface area contributed by atoms with Crippen LogP contribution in [0.15, 0.2) is 80.5 Å². The number of carbonyl (C=O) groups excluding carboxylic acids is 1. The summed E-state index contributed by atoms with van der Waals surface area (Å²) in [7, 11) is -3.54. The fourth-order valence-electron chi connectivity index (χ4n) is 2.12. The molecule has 0 bridgehead atoms. The molecule has 0 aliphatic heterocycles. The van der Waals surface area contributed by atoms with E-state index in [-0.39, 0.29) is 22.2 Å². The summed E-state index contributed by atoms with van der Waals surface area (Å²) >= 11 is 3.29. The Morgan fingerprint density at radius 1 is 0.960 bits per heavy atom. The summed E-state index contributed by atoms with van der Waals surface area (Å²) in [5.41, 5.74) is 0. The first-order chi connectivity index (χ1) is 11.9. The van der Waals surface area contributed by atoms with E-state index in [1.807, 2.05) is 0 Å². The van der Waals surface area contributed by atoms with Gasteiger partial charge in [0.25, 0.3) is 0 Å². The number of furan rings is 1. The molecule has 2 aromatic carbocycles. The van der Waals surface area contributed by atoms with Crippen molar-refractivity contribution in [1.29, 1.82) is 0 Å². The Morgan fingerprint density at radius 2 is 1.64 bits per heavy atom. The van der Waals surface area contributed by atoms with Gasteiger partial charge in [0.05, 0.1) is 4.90 Å². The maximum absolute atomic E-state index is 12.3. The number of sulfone groups is 1. The lowest BCUT2D eigenvalue weighted by molar-refractivity contribution is 0.0699. The highest BCUT2D eigenvalue weighted by Gasteiger charge is 2.20. The van der Waals surface area contributed by atoms with Crippen LogP contribution in [0.25, 0.3) is 0 Å². The normalized spacial score (nSPS) is 11.2. The monoisotopic (exact) mass is 420 g/mol. The van der Waals surface area contributed by atoms with Crippen molar-refractivity contribution in [2.24, 2.45) is 0 Å². The predicted molar refractivity (Wildman–Crippen MR) is 95.1 cm³/mol. The van der Waals surface area contributed by atoms with Crippen LogP contribution in [-0.4, -0.2) is 14.4 Å². The third kappa shape index (κ3) is 4.37. The van der Waals surface area contributed by atoms with Crippen LogP contribution < -0.4 is 4.74 Å². The van der Waals surface area contributed by atoms with Crippen molar-refractivity contribution < 1.29 is 22.4 Å². The fraction of sp³-hybridized carbons (Fsp3) is 0.0556. The Morgan fingerprint density at radius 3 is 2.32 bits per heavy atom. The first-order valence-corrected chi connectivity index (χ1v) is 9.73. The zero-order chi connectivity index (χ0) is 17.9. The van der Waals surface area contributed by atoms with Crippen molar-refractivity contribution >= 4 is 31.7 Å². The molecular formula is C18H13BrO5S. The molecule has 0 saturated heterocycles. The summed E-state index contributed by atoms with van der Waals surface area (Å²) in [6.45, 7) is 0. The summed E-state index contributed by atoms with van der Waals surface area (Å²) in [4.78, 5) is 12.3. The number of hydrogen-bond donors (Lipinski definition) is 0. The Labute approximate surface area is 153 Å². The first-order valence-electron chi connectivity index (χ1n) is 7.28. The van der Waals surface area contributed by atoms with Crippen LogP contribution in [0.3, 0.4) is 0 Å². The zero-order valence-electron chi connectivity index (χ0n) is 12.9. The van der Waals surface area contributed by atoms with Crippen LogP contribution in [-0.2, 0) is 15.6 Å². The summed E-state index contributed by atoms with van der Waals surface area (Å²) < 4.78 is 36.0. The van der Waals surface area contributed by atoms with Crippen molar-refractivity contribution in [2.75, 3.05) is 0 Å². The van der Waals surface area contributed by atoms with Gasteiger partial charge in [0.2, 0.25) is 5.76 Å². The van der Waals surface area contributed by atoms with E-state index < -0.39 is 15.8 Å². The summed E-state index contributed by atoms with van der Waals surface area (Å²) in [5.74, 6) is -0.538. The van der Waals surface area contributed by atoms with Crippen molar-refractivity contribution in [3.8, 4) is 5.75 Å². The molecule has 0 aliphatic rings. The minimum Gasteiger partial charge on any atom is -0.453 e. The molecule has 128 valence electrons. The Bertz CT molecular complexity index is 976. The van der Waals surface area contributed by atoms with Gasteiger partial charge in [-0.15, -0.1) is 0 Å². The smallest absolute Gasteiger partial charge is 0.379 e. The molecule has 0 fully saturated rings. The Kier molecular flexibility index (Phi) is 5.06. The molecule has 0 unspecified atom stereocenters. The van der Waals surface area contributed by atoms with Gasteiger partial charge in [0.15, 0.2) is 9.84 Å². The molecule has 1 heterocycles. The van der Waals surface area contributed by atoms with Crippen molar-refractivity contribution in [1.82, 2.24) is 0 Å². The number of hydrogen-bond acceptors (Lipinski definition) is 5. The number of esters is 1. The second-order valence-electron chi connectivity index (χ2n) is 5.18. The van der Waals surface area contributed by atoms with E-state index in [1.54, 1.807) is 42.5 Å². The molecule has 5 nitrogen and oxygen atoms in total. The van der Waals surface area contributed by atoms with Crippen LogP contribution in [0.1, 0.15) is 16.3 Å². The lowest BCUT2D eigenvalue weighted by atomic mass is 10.3. The second-order valence-corrected chi connectivity index (χ2v) is 8.09. The number of benzene rings is 2. The highest BCUT2D eigenvalue weighted by molar-refractivity contribution is 9.10. The van der Waals surface area contributed by atoms with Crippen LogP contribution in [0, 0.1) is 0 Å². The number of carbonyl (C=O) groups is 1. The molecular weight excluding hydrogens is 408 g/mol. The van der Waals surface area contributed by atoms with E-state index in [2.05, 4.69) is 15.9 Å². The Hall–Kier alpha value is -2.38. The SMILES string of the molecule is O=C(Oc1ccc(Br)cc1)c1ccc(CS(=O)(=O)c2ccccc2)o1. The molecule has 7 heteroatoms. The number of rotatable bonds is 5. The lowest BCUT2D eigenvalue weighted by Gasteiger charge is -2.03. The van der Waals surface area contributed by atoms with Crippen molar-refractivity contribution in [3.63, 3.8) is 0 Å². The second kappa shape index (κ2) is 7.25. The maximum Gasteiger partial charge on any atom is 0.379 e. The summed E-state index contributed by atoms with van der Waals surface area (Å²) in [5, 5.41) is 0. The molecule has 1 aromatic heterocycles. The molecule has 0 aliphatic carbocycles. The van der Waals surface area contributed by atoms with E-state index in [0.29, 0.717) is 5.75 Å². The van der Waals surface area contributed by atoms with Gasteiger partial charge in [-0.05, 0) is 48.5 Å². The van der Waals surface area contributed by atoms with Gasteiger partial charge in [-0.1, -0.05) is 34.1 Å². The van der Waals surface area contributed by atoms with E-state index in [4.69, 9.17) is 9.15 Å². The summed E-state index contributed by atoms with van der Waals surface area (Å²) in [6.07, 6.45) is 0.